The summed E-state index contributed by atoms with van der Waals surface area (Å²) in [6.07, 6.45) is 3.20. The first-order valence-electron chi connectivity index (χ1n) is 9.81. The van der Waals surface area contributed by atoms with Crippen LogP contribution in [0.4, 0.5) is 0 Å². The van der Waals surface area contributed by atoms with Crippen molar-refractivity contribution in [1.82, 2.24) is 9.80 Å². The van der Waals surface area contributed by atoms with Crippen molar-refractivity contribution in [2.75, 3.05) is 26.2 Å². The van der Waals surface area contributed by atoms with E-state index in [9.17, 15) is 9.59 Å². The zero-order valence-electron chi connectivity index (χ0n) is 16.1. The Kier molecular flexibility index (Phi) is 6.64. The molecular weight excluding hydrogens is 336 g/mol. The molecule has 4 heteroatoms. The number of rotatable bonds is 5. The number of hydrogen-bond donors (Lipinski definition) is 0. The van der Waals surface area contributed by atoms with Crippen LogP contribution in [-0.2, 0) is 11.2 Å². The van der Waals surface area contributed by atoms with E-state index >= 15 is 0 Å². The molecule has 1 saturated heterocycles. The molecule has 3 rings (SSSR count). The van der Waals surface area contributed by atoms with Crippen LogP contribution in [-0.4, -0.2) is 47.8 Å². The van der Waals surface area contributed by atoms with Gasteiger partial charge in [-0.1, -0.05) is 48.0 Å². The van der Waals surface area contributed by atoms with E-state index in [-0.39, 0.29) is 11.8 Å². The van der Waals surface area contributed by atoms with Crippen molar-refractivity contribution >= 4 is 11.8 Å². The van der Waals surface area contributed by atoms with Gasteiger partial charge in [0, 0.05) is 38.2 Å². The smallest absolute Gasteiger partial charge is 0.253 e. The molecule has 0 N–H and O–H groups in total. The average Bonchev–Trinajstić information content (AvgIpc) is 2.94. The molecule has 0 radical (unpaired) electrons. The molecule has 4 nitrogen and oxygen atoms in total. The number of carbonyl (C=O) groups is 2. The first-order valence-corrected chi connectivity index (χ1v) is 9.81. The quantitative estimate of drug-likeness (QED) is 0.812. The largest absolute Gasteiger partial charge is 0.341 e. The second kappa shape index (κ2) is 9.36. The van der Waals surface area contributed by atoms with Crippen LogP contribution in [0, 0.1) is 6.92 Å². The van der Waals surface area contributed by atoms with Gasteiger partial charge in [0.25, 0.3) is 5.91 Å². The van der Waals surface area contributed by atoms with Gasteiger partial charge in [0.1, 0.15) is 0 Å². The van der Waals surface area contributed by atoms with Crippen molar-refractivity contribution in [3.63, 3.8) is 0 Å². The summed E-state index contributed by atoms with van der Waals surface area (Å²) in [7, 11) is 0. The minimum atomic E-state index is 0.0667. The van der Waals surface area contributed by atoms with E-state index in [1.54, 1.807) is 0 Å². The fourth-order valence-electron chi connectivity index (χ4n) is 3.58. The Bertz CT molecular complexity index is 773. The first-order chi connectivity index (χ1) is 13.1. The summed E-state index contributed by atoms with van der Waals surface area (Å²) in [4.78, 5) is 29.1. The van der Waals surface area contributed by atoms with Gasteiger partial charge in [0.15, 0.2) is 0 Å². The molecule has 0 unspecified atom stereocenters. The lowest BCUT2D eigenvalue weighted by molar-refractivity contribution is -0.131. The Morgan fingerprint density at radius 1 is 0.889 bits per heavy atom. The van der Waals surface area contributed by atoms with Gasteiger partial charge in [-0.15, -0.1) is 0 Å². The number of aryl methyl sites for hydroxylation is 2. The zero-order valence-corrected chi connectivity index (χ0v) is 16.1. The number of benzene rings is 2. The molecule has 2 aromatic rings. The summed E-state index contributed by atoms with van der Waals surface area (Å²) >= 11 is 0. The van der Waals surface area contributed by atoms with E-state index in [2.05, 4.69) is 12.1 Å². The molecule has 1 heterocycles. The van der Waals surface area contributed by atoms with E-state index in [0.717, 1.165) is 36.9 Å². The second-order valence-corrected chi connectivity index (χ2v) is 7.24. The molecule has 1 fully saturated rings. The van der Waals surface area contributed by atoms with Crippen molar-refractivity contribution < 1.29 is 9.59 Å². The normalized spacial score (nSPS) is 14.7. The Labute approximate surface area is 161 Å². The Morgan fingerprint density at radius 3 is 2.41 bits per heavy atom. The molecule has 1 aliphatic heterocycles. The van der Waals surface area contributed by atoms with E-state index < -0.39 is 0 Å². The van der Waals surface area contributed by atoms with Crippen molar-refractivity contribution in [2.24, 2.45) is 0 Å². The minimum Gasteiger partial charge on any atom is -0.341 e. The van der Waals surface area contributed by atoms with Crippen LogP contribution in [0.5, 0.6) is 0 Å². The molecule has 0 saturated carbocycles. The number of hydrogen-bond acceptors (Lipinski definition) is 2. The minimum absolute atomic E-state index is 0.0667. The standard InChI is InChI=1S/C23H28N2O2/c1-19-8-5-12-21(18-19)23(27)25-15-7-14-24(16-17-25)22(26)13-6-11-20-9-3-2-4-10-20/h2-5,8-10,12,18H,6-7,11,13-17H2,1H3. The Hall–Kier alpha value is -2.62. The van der Waals surface area contributed by atoms with Crippen molar-refractivity contribution in [2.45, 2.75) is 32.6 Å². The molecule has 0 aromatic heterocycles. The number of carbonyl (C=O) groups excluding carboxylic acids is 2. The fourth-order valence-corrected chi connectivity index (χ4v) is 3.58. The fraction of sp³-hybridized carbons (Fsp3) is 0.391. The molecule has 0 spiro atoms. The van der Waals surface area contributed by atoms with Crippen LogP contribution in [0.2, 0.25) is 0 Å². The number of nitrogens with zero attached hydrogens (tertiary/aromatic N) is 2. The lowest BCUT2D eigenvalue weighted by Gasteiger charge is -2.22. The molecule has 2 amide bonds. The molecule has 0 atom stereocenters. The molecule has 2 aromatic carbocycles. The third kappa shape index (κ3) is 5.43. The molecule has 27 heavy (non-hydrogen) atoms. The van der Waals surface area contributed by atoms with Crippen LogP contribution in [0.25, 0.3) is 0 Å². The lowest BCUT2D eigenvalue weighted by atomic mass is 10.1. The van der Waals surface area contributed by atoms with Gasteiger partial charge in [-0.3, -0.25) is 9.59 Å². The maximum absolute atomic E-state index is 12.7. The molecular formula is C23H28N2O2. The summed E-state index contributed by atoms with van der Waals surface area (Å²) in [6, 6.07) is 18.0. The van der Waals surface area contributed by atoms with Crippen LogP contribution in [0.3, 0.4) is 0 Å². The van der Waals surface area contributed by atoms with Gasteiger partial charge in [0.2, 0.25) is 5.91 Å². The van der Waals surface area contributed by atoms with E-state index in [1.807, 2.05) is 59.2 Å². The van der Waals surface area contributed by atoms with Gasteiger partial charge >= 0.3 is 0 Å². The van der Waals surface area contributed by atoms with Gasteiger partial charge in [0.05, 0.1) is 0 Å². The Balaban J connectivity index is 1.48. The predicted octanol–water partition coefficient (Wildman–Crippen LogP) is 3.69. The van der Waals surface area contributed by atoms with Crippen molar-refractivity contribution in [1.29, 1.82) is 0 Å². The van der Waals surface area contributed by atoms with Crippen molar-refractivity contribution in [3.05, 3.63) is 71.3 Å². The SMILES string of the molecule is Cc1cccc(C(=O)N2CCCN(C(=O)CCCc3ccccc3)CC2)c1. The topological polar surface area (TPSA) is 40.6 Å². The first kappa shape index (κ1) is 19.2. The monoisotopic (exact) mass is 364 g/mol. The zero-order chi connectivity index (χ0) is 19.1. The summed E-state index contributed by atoms with van der Waals surface area (Å²) in [6.45, 7) is 4.68. The average molecular weight is 364 g/mol. The van der Waals surface area contributed by atoms with Crippen LogP contribution >= 0.6 is 0 Å². The van der Waals surface area contributed by atoms with Crippen LogP contribution in [0.1, 0.15) is 40.7 Å². The third-order valence-electron chi connectivity index (χ3n) is 5.10. The lowest BCUT2D eigenvalue weighted by Crippen LogP contribution is -2.37. The van der Waals surface area contributed by atoms with Gasteiger partial charge in [-0.25, -0.2) is 0 Å². The van der Waals surface area contributed by atoms with Crippen LogP contribution < -0.4 is 0 Å². The summed E-state index contributed by atoms with van der Waals surface area (Å²) in [5.74, 6) is 0.271. The maximum atomic E-state index is 12.7. The summed E-state index contributed by atoms with van der Waals surface area (Å²) in [5, 5.41) is 0. The van der Waals surface area contributed by atoms with Gasteiger partial charge in [-0.2, -0.15) is 0 Å². The highest BCUT2D eigenvalue weighted by Gasteiger charge is 2.22. The van der Waals surface area contributed by atoms with E-state index in [4.69, 9.17) is 0 Å². The van der Waals surface area contributed by atoms with Gasteiger partial charge in [-0.05, 0) is 43.9 Å². The number of amides is 2. The maximum Gasteiger partial charge on any atom is 0.253 e. The summed E-state index contributed by atoms with van der Waals surface area (Å²) in [5.41, 5.74) is 3.10. The highest BCUT2D eigenvalue weighted by molar-refractivity contribution is 5.94. The summed E-state index contributed by atoms with van der Waals surface area (Å²) < 4.78 is 0. The predicted molar refractivity (Wildman–Crippen MR) is 108 cm³/mol. The van der Waals surface area contributed by atoms with E-state index in [1.165, 1.54) is 5.56 Å². The van der Waals surface area contributed by atoms with E-state index in [0.29, 0.717) is 26.1 Å². The second-order valence-electron chi connectivity index (χ2n) is 7.24. The van der Waals surface area contributed by atoms with Gasteiger partial charge < -0.3 is 9.80 Å². The Morgan fingerprint density at radius 2 is 1.63 bits per heavy atom. The molecule has 142 valence electrons. The molecule has 1 aliphatic rings. The third-order valence-corrected chi connectivity index (χ3v) is 5.10. The molecule has 0 bridgehead atoms. The van der Waals surface area contributed by atoms with Crippen LogP contribution in [0.15, 0.2) is 54.6 Å². The van der Waals surface area contributed by atoms with Crippen molar-refractivity contribution in [3.8, 4) is 0 Å². The molecule has 0 aliphatic carbocycles. The highest BCUT2D eigenvalue weighted by atomic mass is 16.2. The highest BCUT2D eigenvalue weighted by Crippen LogP contribution is 2.13.